The molecule has 0 bridgehead atoms. The van der Waals surface area contributed by atoms with Gasteiger partial charge in [-0.15, -0.1) is 10.2 Å². The van der Waals surface area contributed by atoms with Crippen molar-refractivity contribution in [3.63, 3.8) is 0 Å². The van der Waals surface area contributed by atoms with E-state index < -0.39 is 0 Å². The van der Waals surface area contributed by atoms with Crippen LogP contribution in [0.5, 0.6) is 0 Å². The SMILES string of the molecule is Cc1cc2ncn(Cc3nnc(C(C)C)o3)c2cc1C. The maximum Gasteiger partial charge on any atom is 0.236 e. The molecule has 0 unspecified atom stereocenters. The van der Waals surface area contributed by atoms with Gasteiger partial charge in [-0.25, -0.2) is 4.98 Å². The second-order valence-electron chi connectivity index (χ2n) is 5.49. The van der Waals surface area contributed by atoms with Crippen LogP contribution in [0.2, 0.25) is 0 Å². The Kier molecular flexibility index (Phi) is 3.04. The molecular formula is C15H18N4O. The highest BCUT2D eigenvalue weighted by molar-refractivity contribution is 5.77. The summed E-state index contributed by atoms with van der Waals surface area (Å²) in [6, 6.07) is 4.26. The van der Waals surface area contributed by atoms with E-state index in [1.54, 1.807) is 0 Å². The van der Waals surface area contributed by atoms with Crippen LogP contribution < -0.4 is 0 Å². The lowest BCUT2D eigenvalue weighted by Gasteiger charge is -2.03. The lowest BCUT2D eigenvalue weighted by atomic mass is 10.1. The fourth-order valence-electron chi connectivity index (χ4n) is 2.15. The Labute approximate surface area is 117 Å². The van der Waals surface area contributed by atoms with Gasteiger partial charge in [-0.2, -0.15) is 0 Å². The van der Waals surface area contributed by atoms with Crippen molar-refractivity contribution in [3.8, 4) is 0 Å². The largest absolute Gasteiger partial charge is 0.423 e. The molecule has 0 saturated carbocycles. The zero-order chi connectivity index (χ0) is 14.3. The van der Waals surface area contributed by atoms with E-state index >= 15 is 0 Å². The first-order chi connectivity index (χ1) is 9.54. The minimum absolute atomic E-state index is 0.251. The molecule has 0 amide bonds. The van der Waals surface area contributed by atoms with Gasteiger partial charge in [0.1, 0.15) is 6.54 Å². The third-order valence-electron chi connectivity index (χ3n) is 3.52. The maximum atomic E-state index is 5.65. The number of nitrogens with zero attached hydrogens (tertiary/aromatic N) is 4. The smallest absolute Gasteiger partial charge is 0.236 e. The van der Waals surface area contributed by atoms with Crippen LogP contribution in [0.3, 0.4) is 0 Å². The van der Waals surface area contributed by atoms with Crippen LogP contribution in [0, 0.1) is 13.8 Å². The van der Waals surface area contributed by atoms with Crippen LogP contribution in [-0.4, -0.2) is 19.7 Å². The predicted octanol–water partition coefficient (Wildman–Crippen LogP) is 3.21. The molecule has 2 aromatic heterocycles. The van der Waals surface area contributed by atoms with Crippen molar-refractivity contribution in [1.29, 1.82) is 0 Å². The quantitative estimate of drug-likeness (QED) is 0.733. The van der Waals surface area contributed by atoms with Crippen molar-refractivity contribution in [3.05, 3.63) is 41.4 Å². The first-order valence-electron chi connectivity index (χ1n) is 6.79. The van der Waals surface area contributed by atoms with E-state index in [0.29, 0.717) is 18.3 Å². The fraction of sp³-hybridized carbons (Fsp3) is 0.400. The summed E-state index contributed by atoms with van der Waals surface area (Å²) in [5.41, 5.74) is 4.60. The summed E-state index contributed by atoms with van der Waals surface area (Å²) < 4.78 is 7.69. The van der Waals surface area contributed by atoms with Gasteiger partial charge < -0.3 is 8.98 Å². The van der Waals surface area contributed by atoms with Gasteiger partial charge in [0.2, 0.25) is 11.8 Å². The molecule has 1 aromatic carbocycles. The Bertz CT molecular complexity index is 754. The second kappa shape index (κ2) is 4.74. The lowest BCUT2D eigenvalue weighted by molar-refractivity contribution is 0.424. The topological polar surface area (TPSA) is 56.7 Å². The normalized spacial score (nSPS) is 11.7. The number of benzene rings is 1. The number of aryl methyl sites for hydroxylation is 2. The lowest BCUT2D eigenvalue weighted by Crippen LogP contribution is -1.98. The standard InChI is InChI=1S/C15H18N4O/c1-9(2)15-18-17-14(20-15)7-19-8-16-12-5-10(3)11(4)6-13(12)19/h5-6,8-9H,7H2,1-4H3. The molecule has 0 N–H and O–H groups in total. The van der Waals surface area contributed by atoms with Gasteiger partial charge in [0.05, 0.1) is 17.4 Å². The highest BCUT2D eigenvalue weighted by Crippen LogP contribution is 2.20. The Balaban J connectivity index is 1.96. The van der Waals surface area contributed by atoms with Crippen LogP contribution in [-0.2, 0) is 6.54 Å². The molecule has 0 aliphatic carbocycles. The molecular weight excluding hydrogens is 252 g/mol. The van der Waals surface area contributed by atoms with Gasteiger partial charge in [0, 0.05) is 5.92 Å². The van der Waals surface area contributed by atoms with Crippen LogP contribution in [0.1, 0.15) is 42.7 Å². The first kappa shape index (κ1) is 12.8. The van der Waals surface area contributed by atoms with E-state index in [-0.39, 0.29) is 5.92 Å². The van der Waals surface area contributed by atoms with Crippen LogP contribution in [0.4, 0.5) is 0 Å². The molecule has 0 spiro atoms. The number of hydrogen-bond acceptors (Lipinski definition) is 4. The predicted molar refractivity (Wildman–Crippen MR) is 76.7 cm³/mol. The Morgan fingerprint density at radius 1 is 1.15 bits per heavy atom. The van der Waals surface area contributed by atoms with Crippen molar-refractivity contribution in [1.82, 2.24) is 19.7 Å². The van der Waals surface area contributed by atoms with Crippen LogP contribution in [0.15, 0.2) is 22.9 Å². The van der Waals surface area contributed by atoms with Crippen LogP contribution >= 0.6 is 0 Å². The Hall–Kier alpha value is -2.17. The third kappa shape index (κ3) is 2.19. The van der Waals surface area contributed by atoms with Gasteiger partial charge in [0.25, 0.3) is 0 Å². The van der Waals surface area contributed by atoms with Crippen molar-refractivity contribution in [2.24, 2.45) is 0 Å². The monoisotopic (exact) mass is 270 g/mol. The highest BCUT2D eigenvalue weighted by atomic mass is 16.4. The molecule has 0 fully saturated rings. The molecule has 5 heteroatoms. The maximum absolute atomic E-state index is 5.65. The molecule has 3 rings (SSSR count). The van der Waals surface area contributed by atoms with Crippen molar-refractivity contribution < 1.29 is 4.42 Å². The summed E-state index contributed by atoms with van der Waals surface area (Å²) in [6.07, 6.45) is 1.82. The second-order valence-corrected chi connectivity index (χ2v) is 5.49. The molecule has 2 heterocycles. The zero-order valence-electron chi connectivity index (χ0n) is 12.2. The summed E-state index contributed by atoms with van der Waals surface area (Å²) >= 11 is 0. The molecule has 0 aliphatic heterocycles. The van der Waals surface area contributed by atoms with Gasteiger partial charge in [0.15, 0.2) is 0 Å². The summed E-state index contributed by atoms with van der Waals surface area (Å²) in [4.78, 5) is 4.43. The molecule has 20 heavy (non-hydrogen) atoms. The summed E-state index contributed by atoms with van der Waals surface area (Å²) in [6.45, 7) is 8.83. The zero-order valence-corrected chi connectivity index (χ0v) is 12.2. The van der Waals surface area contributed by atoms with Gasteiger partial charge in [-0.1, -0.05) is 13.8 Å². The van der Waals surface area contributed by atoms with Crippen molar-refractivity contribution >= 4 is 11.0 Å². The first-order valence-corrected chi connectivity index (χ1v) is 6.79. The minimum Gasteiger partial charge on any atom is -0.423 e. The Morgan fingerprint density at radius 3 is 2.60 bits per heavy atom. The molecule has 0 radical (unpaired) electrons. The van der Waals surface area contributed by atoms with E-state index in [4.69, 9.17) is 4.42 Å². The van der Waals surface area contributed by atoms with Gasteiger partial charge >= 0.3 is 0 Å². The van der Waals surface area contributed by atoms with E-state index in [2.05, 4.69) is 41.2 Å². The molecule has 0 saturated heterocycles. The minimum atomic E-state index is 0.251. The summed E-state index contributed by atoms with van der Waals surface area (Å²) in [5, 5.41) is 8.15. The molecule has 5 nitrogen and oxygen atoms in total. The number of rotatable bonds is 3. The Morgan fingerprint density at radius 2 is 1.90 bits per heavy atom. The number of aromatic nitrogens is 4. The van der Waals surface area contributed by atoms with Gasteiger partial charge in [-0.3, -0.25) is 0 Å². The number of hydrogen-bond donors (Lipinski definition) is 0. The van der Waals surface area contributed by atoms with E-state index in [1.807, 2.05) is 24.7 Å². The highest BCUT2D eigenvalue weighted by Gasteiger charge is 2.12. The number of imidazole rings is 1. The molecule has 3 aromatic rings. The molecule has 0 atom stereocenters. The average molecular weight is 270 g/mol. The average Bonchev–Trinajstić information content (AvgIpc) is 3.00. The molecule has 0 aliphatic rings. The van der Waals surface area contributed by atoms with Crippen molar-refractivity contribution in [2.75, 3.05) is 0 Å². The van der Waals surface area contributed by atoms with E-state index in [1.165, 1.54) is 11.1 Å². The summed E-state index contributed by atoms with van der Waals surface area (Å²) in [7, 11) is 0. The fourth-order valence-corrected chi connectivity index (χ4v) is 2.15. The summed E-state index contributed by atoms with van der Waals surface area (Å²) in [5.74, 6) is 1.54. The van der Waals surface area contributed by atoms with Crippen molar-refractivity contribution in [2.45, 2.75) is 40.2 Å². The number of fused-ring (bicyclic) bond motifs is 1. The van der Waals surface area contributed by atoms with E-state index in [9.17, 15) is 0 Å². The van der Waals surface area contributed by atoms with E-state index in [0.717, 1.165) is 11.0 Å². The third-order valence-corrected chi connectivity index (χ3v) is 3.52. The molecule has 104 valence electrons. The van der Waals surface area contributed by atoms with Gasteiger partial charge in [-0.05, 0) is 37.1 Å². The van der Waals surface area contributed by atoms with Crippen LogP contribution in [0.25, 0.3) is 11.0 Å².